The molecular weight excluding hydrogens is 260 g/mol. The zero-order valence-electron chi connectivity index (χ0n) is 10.4. The van der Waals surface area contributed by atoms with E-state index in [-0.39, 0.29) is 11.2 Å². The van der Waals surface area contributed by atoms with Crippen LogP contribution in [0.25, 0.3) is 0 Å². The summed E-state index contributed by atoms with van der Waals surface area (Å²) in [6.07, 6.45) is 0.746. The quantitative estimate of drug-likeness (QED) is 0.781. The number of anilines is 2. The number of carbonyl (C=O) groups excluding carboxylic acids is 1. The lowest BCUT2D eigenvalue weighted by Crippen LogP contribution is -2.25. The number of nitrogens with one attached hydrogen (secondary N) is 2. The first-order chi connectivity index (χ1) is 9.15. The van der Waals surface area contributed by atoms with Gasteiger partial charge >= 0.3 is 0 Å². The normalized spacial score (nSPS) is 17.2. The number of amides is 1. The van der Waals surface area contributed by atoms with Crippen LogP contribution in [0.1, 0.15) is 11.3 Å². The Balaban J connectivity index is 1.72. The Morgan fingerprint density at radius 2 is 2.32 bits per heavy atom. The van der Waals surface area contributed by atoms with E-state index in [0.717, 1.165) is 12.1 Å². The molecule has 0 aliphatic carbocycles. The minimum absolute atomic E-state index is 0.0561. The molecule has 1 aromatic heterocycles. The summed E-state index contributed by atoms with van der Waals surface area (Å²) in [5.74, 6) is 0.360. The standard InChI is InChI=1S/C13H14N4OS/c1-7-11(14)12(17-16-7)15-13(18)10-6-8-4-2-3-5-9(8)19-10/h2-5,10H,6,14H2,1H3,(H2,15,16,17,18). The molecule has 1 unspecified atom stereocenters. The SMILES string of the molecule is Cc1[nH]nc(NC(=O)C2Cc3ccccc3S2)c1N. The maximum absolute atomic E-state index is 12.2. The number of aromatic amines is 1. The molecule has 1 amide bonds. The molecule has 0 bridgehead atoms. The summed E-state index contributed by atoms with van der Waals surface area (Å²) in [5, 5.41) is 9.40. The number of nitrogen functional groups attached to an aromatic ring is 1. The van der Waals surface area contributed by atoms with Crippen LogP contribution in [0.3, 0.4) is 0 Å². The molecule has 6 heteroatoms. The minimum atomic E-state index is -0.117. The van der Waals surface area contributed by atoms with Crippen molar-refractivity contribution in [1.82, 2.24) is 10.2 Å². The van der Waals surface area contributed by atoms with Crippen LogP contribution in [0.5, 0.6) is 0 Å². The number of nitrogens with two attached hydrogens (primary N) is 1. The molecular formula is C13H14N4OS. The molecule has 0 saturated heterocycles. The van der Waals surface area contributed by atoms with Crippen molar-refractivity contribution in [3.05, 3.63) is 35.5 Å². The highest BCUT2D eigenvalue weighted by molar-refractivity contribution is 8.01. The molecule has 3 rings (SSSR count). The number of benzene rings is 1. The van der Waals surface area contributed by atoms with E-state index in [1.807, 2.05) is 25.1 Å². The molecule has 0 fully saturated rings. The molecule has 1 atom stereocenters. The van der Waals surface area contributed by atoms with Crippen LogP contribution in [-0.2, 0) is 11.2 Å². The van der Waals surface area contributed by atoms with E-state index in [2.05, 4.69) is 21.6 Å². The van der Waals surface area contributed by atoms with Crippen molar-refractivity contribution < 1.29 is 4.79 Å². The fourth-order valence-corrected chi connectivity index (χ4v) is 3.25. The average Bonchev–Trinajstić information content (AvgIpc) is 2.97. The minimum Gasteiger partial charge on any atom is -0.394 e. The van der Waals surface area contributed by atoms with E-state index < -0.39 is 0 Å². The van der Waals surface area contributed by atoms with Crippen molar-refractivity contribution in [3.63, 3.8) is 0 Å². The van der Waals surface area contributed by atoms with Crippen molar-refractivity contribution in [2.75, 3.05) is 11.1 Å². The van der Waals surface area contributed by atoms with Crippen molar-refractivity contribution in [1.29, 1.82) is 0 Å². The Kier molecular flexibility index (Phi) is 2.94. The van der Waals surface area contributed by atoms with Crippen LogP contribution in [-0.4, -0.2) is 21.4 Å². The number of fused-ring (bicyclic) bond motifs is 1. The molecule has 1 aliphatic heterocycles. The van der Waals surface area contributed by atoms with Gasteiger partial charge in [0.1, 0.15) is 0 Å². The number of hydrogen-bond acceptors (Lipinski definition) is 4. The van der Waals surface area contributed by atoms with Gasteiger partial charge in [0.2, 0.25) is 5.91 Å². The van der Waals surface area contributed by atoms with Crippen molar-refractivity contribution in [3.8, 4) is 0 Å². The zero-order chi connectivity index (χ0) is 13.4. The monoisotopic (exact) mass is 274 g/mol. The van der Waals surface area contributed by atoms with Gasteiger partial charge in [-0.3, -0.25) is 9.89 Å². The van der Waals surface area contributed by atoms with Crippen molar-refractivity contribution >= 4 is 29.2 Å². The largest absolute Gasteiger partial charge is 0.394 e. The third-order valence-corrected chi connectivity index (χ3v) is 4.49. The lowest BCUT2D eigenvalue weighted by Gasteiger charge is -2.08. The highest BCUT2D eigenvalue weighted by Crippen LogP contribution is 2.37. The Labute approximate surface area is 115 Å². The second-order valence-electron chi connectivity index (χ2n) is 4.52. The maximum atomic E-state index is 12.2. The number of thioether (sulfide) groups is 1. The second kappa shape index (κ2) is 4.62. The summed E-state index contributed by atoms with van der Waals surface area (Å²) in [7, 11) is 0. The van der Waals surface area contributed by atoms with Crippen LogP contribution in [0.4, 0.5) is 11.5 Å². The van der Waals surface area contributed by atoms with Crippen LogP contribution in [0, 0.1) is 6.92 Å². The fourth-order valence-electron chi connectivity index (χ4n) is 2.06. The van der Waals surface area contributed by atoms with Gasteiger partial charge in [-0.25, -0.2) is 0 Å². The first kappa shape index (κ1) is 12.1. The summed E-state index contributed by atoms with van der Waals surface area (Å²) in [6, 6.07) is 8.08. The van der Waals surface area contributed by atoms with Gasteiger partial charge in [0, 0.05) is 4.90 Å². The molecule has 19 heavy (non-hydrogen) atoms. The van der Waals surface area contributed by atoms with E-state index in [0.29, 0.717) is 11.5 Å². The number of aromatic nitrogens is 2. The average molecular weight is 274 g/mol. The number of H-pyrrole nitrogens is 1. The molecule has 1 aromatic carbocycles. The van der Waals surface area contributed by atoms with Crippen molar-refractivity contribution in [2.24, 2.45) is 0 Å². The number of hydrogen-bond donors (Lipinski definition) is 3. The number of rotatable bonds is 2. The van der Waals surface area contributed by atoms with Gasteiger partial charge in [0.15, 0.2) is 5.82 Å². The molecule has 1 aliphatic rings. The van der Waals surface area contributed by atoms with Gasteiger partial charge in [-0.2, -0.15) is 5.10 Å². The summed E-state index contributed by atoms with van der Waals surface area (Å²) >= 11 is 1.59. The predicted octanol–water partition coefficient (Wildman–Crippen LogP) is 1.96. The molecule has 2 aromatic rings. The zero-order valence-corrected chi connectivity index (χ0v) is 11.3. The van der Waals surface area contributed by atoms with Crippen LogP contribution in [0.2, 0.25) is 0 Å². The first-order valence-corrected chi connectivity index (χ1v) is 6.89. The maximum Gasteiger partial charge on any atom is 0.239 e. The molecule has 2 heterocycles. The highest BCUT2D eigenvalue weighted by Gasteiger charge is 2.28. The molecule has 5 nitrogen and oxygen atoms in total. The third kappa shape index (κ3) is 2.19. The lowest BCUT2D eigenvalue weighted by atomic mass is 10.1. The topological polar surface area (TPSA) is 83.8 Å². The molecule has 0 radical (unpaired) electrons. The van der Waals surface area contributed by atoms with Crippen LogP contribution in [0.15, 0.2) is 29.2 Å². The molecule has 0 spiro atoms. The van der Waals surface area contributed by atoms with E-state index in [9.17, 15) is 4.79 Å². The lowest BCUT2D eigenvalue weighted by molar-refractivity contribution is -0.115. The third-order valence-electron chi connectivity index (χ3n) is 3.18. The Bertz CT molecular complexity index is 612. The summed E-state index contributed by atoms with van der Waals surface area (Å²) < 4.78 is 0. The van der Waals surface area contributed by atoms with Gasteiger partial charge in [0.25, 0.3) is 0 Å². The highest BCUT2D eigenvalue weighted by atomic mass is 32.2. The van der Waals surface area contributed by atoms with Crippen LogP contribution >= 0.6 is 11.8 Å². The Morgan fingerprint density at radius 1 is 1.53 bits per heavy atom. The smallest absolute Gasteiger partial charge is 0.239 e. The predicted molar refractivity (Wildman–Crippen MR) is 76.2 cm³/mol. The number of aryl methyl sites for hydroxylation is 1. The van der Waals surface area contributed by atoms with Gasteiger partial charge in [-0.1, -0.05) is 18.2 Å². The van der Waals surface area contributed by atoms with E-state index in [1.165, 1.54) is 10.5 Å². The number of carbonyl (C=O) groups is 1. The van der Waals surface area contributed by atoms with E-state index in [4.69, 9.17) is 5.73 Å². The summed E-state index contributed by atoms with van der Waals surface area (Å²) in [5.41, 5.74) is 8.30. The fraction of sp³-hybridized carbons (Fsp3) is 0.231. The van der Waals surface area contributed by atoms with Crippen molar-refractivity contribution in [2.45, 2.75) is 23.5 Å². The summed E-state index contributed by atoms with van der Waals surface area (Å²) in [6.45, 7) is 1.82. The van der Waals surface area contributed by atoms with Crippen LogP contribution < -0.4 is 11.1 Å². The summed E-state index contributed by atoms with van der Waals surface area (Å²) in [4.78, 5) is 13.4. The van der Waals surface area contributed by atoms with Gasteiger partial charge in [-0.15, -0.1) is 11.8 Å². The Hall–Kier alpha value is -1.95. The molecule has 98 valence electrons. The van der Waals surface area contributed by atoms with Gasteiger partial charge in [0.05, 0.1) is 16.6 Å². The first-order valence-electron chi connectivity index (χ1n) is 6.01. The number of nitrogens with zero attached hydrogens (tertiary/aromatic N) is 1. The van der Waals surface area contributed by atoms with E-state index in [1.54, 1.807) is 11.8 Å². The van der Waals surface area contributed by atoms with Gasteiger partial charge in [-0.05, 0) is 25.0 Å². The van der Waals surface area contributed by atoms with Gasteiger partial charge < -0.3 is 11.1 Å². The van der Waals surface area contributed by atoms with E-state index >= 15 is 0 Å². The molecule has 4 N–H and O–H groups in total. The molecule has 0 saturated carbocycles. The second-order valence-corrected chi connectivity index (χ2v) is 5.76. The Morgan fingerprint density at radius 3 is 3.00 bits per heavy atom.